The Bertz CT molecular complexity index is 524. The summed E-state index contributed by atoms with van der Waals surface area (Å²) in [5.74, 6) is -0.292. The number of carbonyl (C=O) groups is 2. The van der Waals surface area contributed by atoms with Gasteiger partial charge in [0, 0.05) is 18.1 Å². The molecule has 0 radical (unpaired) electrons. The molecule has 1 saturated heterocycles. The molecule has 0 saturated carbocycles. The largest absolute Gasteiger partial charge is 0.480 e. The van der Waals surface area contributed by atoms with E-state index in [2.05, 4.69) is 0 Å². The van der Waals surface area contributed by atoms with E-state index in [1.807, 2.05) is 0 Å². The Kier molecular flexibility index (Phi) is 4.21. The summed E-state index contributed by atoms with van der Waals surface area (Å²) < 4.78 is 0. The van der Waals surface area contributed by atoms with Gasteiger partial charge >= 0.3 is 5.97 Å². The van der Waals surface area contributed by atoms with Crippen LogP contribution in [0.2, 0.25) is 5.02 Å². The fourth-order valence-corrected chi connectivity index (χ4v) is 3.39. The first-order valence-electron chi connectivity index (χ1n) is 5.68. The van der Waals surface area contributed by atoms with E-state index >= 15 is 0 Å². The van der Waals surface area contributed by atoms with Gasteiger partial charge in [0.2, 0.25) is 0 Å². The number of halogens is 1. The maximum Gasteiger partial charge on any atom is 0.327 e. The molecule has 1 atom stereocenters. The zero-order valence-corrected chi connectivity index (χ0v) is 11.6. The van der Waals surface area contributed by atoms with Crippen LogP contribution < -0.4 is 10.6 Å². The third-order valence-corrected chi connectivity index (χ3v) is 4.30. The lowest BCUT2D eigenvalue weighted by Crippen LogP contribution is -2.48. The van der Waals surface area contributed by atoms with E-state index in [4.69, 9.17) is 17.3 Å². The molecule has 2 rings (SSSR count). The molecule has 1 heterocycles. The van der Waals surface area contributed by atoms with Crippen LogP contribution in [-0.2, 0) is 4.79 Å². The average molecular weight is 301 g/mol. The predicted octanol–water partition coefficient (Wildman–Crippen LogP) is 1.45. The third kappa shape index (κ3) is 2.79. The van der Waals surface area contributed by atoms with Crippen molar-refractivity contribution in [3.8, 4) is 0 Å². The lowest BCUT2D eigenvalue weighted by molar-refractivity contribution is -0.138. The number of carbonyl (C=O) groups excluding carboxylic acids is 1. The highest BCUT2D eigenvalue weighted by Gasteiger charge is 2.31. The van der Waals surface area contributed by atoms with Crippen LogP contribution in [0.5, 0.6) is 0 Å². The van der Waals surface area contributed by atoms with E-state index in [-0.39, 0.29) is 10.6 Å². The molecule has 0 aromatic heterocycles. The molecule has 1 aromatic carbocycles. The molecule has 1 aliphatic heterocycles. The molecule has 1 fully saturated rings. The molecule has 1 aromatic rings. The molecule has 0 bridgehead atoms. The first-order valence-corrected chi connectivity index (χ1v) is 7.21. The maximum atomic E-state index is 11.5. The number of nitrogens with zero attached hydrogens (tertiary/aromatic N) is 1. The van der Waals surface area contributed by atoms with Gasteiger partial charge < -0.3 is 15.7 Å². The summed E-state index contributed by atoms with van der Waals surface area (Å²) in [4.78, 5) is 24.5. The summed E-state index contributed by atoms with van der Waals surface area (Å²) in [6.45, 7) is 0.544. The lowest BCUT2D eigenvalue weighted by atomic mass is 10.1. The quantitative estimate of drug-likeness (QED) is 0.882. The van der Waals surface area contributed by atoms with Crippen molar-refractivity contribution in [3.63, 3.8) is 0 Å². The number of amides is 1. The lowest BCUT2D eigenvalue weighted by Gasteiger charge is -2.35. The van der Waals surface area contributed by atoms with Crippen LogP contribution in [0.3, 0.4) is 0 Å². The number of nitrogens with two attached hydrogens (primary N) is 1. The van der Waals surface area contributed by atoms with E-state index in [0.717, 1.165) is 5.75 Å². The summed E-state index contributed by atoms with van der Waals surface area (Å²) in [6, 6.07) is 4.26. The van der Waals surface area contributed by atoms with E-state index in [9.17, 15) is 14.7 Å². The SMILES string of the molecule is NC(=O)c1c(Cl)cccc1N1CCSCC1C(=O)O. The molecule has 7 heteroatoms. The molecule has 3 N–H and O–H groups in total. The van der Waals surface area contributed by atoms with Gasteiger partial charge in [-0.3, -0.25) is 4.79 Å². The highest BCUT2D eigenvalue weighted by atomic mass is 35.5. The van der Waals surface area contributed by atoms with Gasteiger partial charge in [0.1, 0.15) is 6.04 Å². The second kappa shape index (κ2) is 5.71. The van der Waals surface area contributed by atoms with Crippen molar-refractivity contribution in [1.29, 1.82) is 0 Å². The Hall–Kier alpha value is -1.40. The predicted molar refractivity (Wildman–Crippen MR) is 76.1 cm³/mol. The van der Waals surface area contributed by atoms with Crippen molar-refractivity contribution >= 4 is 40.9 Å². The van der Waals surface area contributed by atoms with Crippen LogP contribution in [0, 0.1) is 0 Å². The third-order valence-electron chi connectivity index (χ3n) is 2.96. The van der Waals surface area contributed by atoms with Gasteiger partial charge in [-0.2, -0.15) is 11.8 Å². The van der Waals surface area contributed by atoms with Crippen LogP contribution in [-0.4, -0.2) is 41.1 Å². The maximum absolute atomic E-state index is 11.5. The number of primary amides is 1. The Balaban J connectivity index is 2.47. The van der Waals surface area contributed by atoms with Crippen molar-refractivity contribution in [2.45, 2.75) is 6.04 Å². The summed E-state index contributed by atoms with van der Waals surface area (Å²) in [5, 5.41) is 9.51. The minimum atomic E-state index is -0.914. The topological polar surface area (TPSA) is 83.6 Å². The monoisotopic (exact) mass is 300 g/mol. The number of carboxylic acid groups (broad SMARTS) is 1. The smallest absolute Gasteiger partial charge is 0.327 e. The first-order chi connectivity index (χ1) is 9.02. The van der Waals surface area contributed by atoms with Gasteiger partial charge in [-0.15, -0.1) is 0 Å². The Morgan fingerprint density at radius 1 is 1.47 bits per heavy atom. The number of hydrogen-bond donors (Lipinski definition) is 2. The number of anilines is 1. The van der Waals surface area contributed by atoms with Crippen LogP contribution in [0.15, 0.2) is 18.2 Å². The fourth-order valence-electron chi connectivity index (χ4n) is 2.09. The molecule has 1 unspecified atom stereocenters. The van der Waals surface area contributed by atoms with Crippen molar-refractivity contribution < 1.29 is 14.7 Å². The number of carboxylic acids is 1. The number of benzene rings is 1. The van der Waals surface area contributed by atoms with Crippen molar-refractivity contribution in [2.75, 3.05) is 23.0 Å². The van der Waals surface area contributed by atoms with Gasteiger partial charge in [0.05, 0.1) is 16.3 Å². The zero-order chi connectivity index (χ0) is 14.0. The first kappa shape index (κ1) is 14.0. The molecule has 19 heavy (non-hydrogen) atoms. The van der Waals surface area contributed by atoms with Crippen molar-refractivity contribution in [2.24, 2.45) is 5.73 Å². The minimum Gasteiger partial charge on any atom is -0.480 e. The fraction of sp³-hybridized carbons (Fsp3) is 0.333. The number of rotatable bonds is 3. The van der Waals surface area contributed by atoms with E-state index in [0.29, 0.717) is 18.0 Å². The Labute approximate surface area is 119 Å². The Morgan fingerprint density at radius 3 is 2.84 bits per heavy atom. The van der Waals surface area contributed by atoms with Crippen molar-refractivity contribution in [3.05, 3.63) is 28.8 Å². The summed E-state index contributed by atoms with van der Waals surface area (Å²) in [6.07, 6.45) is 0. The molecule has 0 aliphatic carbocycles. The molecular formula is C12H13ClN2O3S. The van der Waals surface area contributed by atoms with Gasteiger partial charge in [0.25, 0.3) is 5.91 Å². The molecular weight excluding hydrogens is 288 g/mol. The second-order valence-electron chi connectivity index (χ2n) is 4.12. The van der Waals surface area contributed by atoms with Crippen molar-refractivity contribution in [1.82, 2.24) is 0 Å². The van der Waals surface area contributed by atoms with Gasteiger partial charge in [-0.1, -0.05) is 17.7 Å². The summed E-state index contributed by atoms with van der Waals surface area (Å²) >= 11 is 7.57. The van der Waals surface area contributed by atoms with Crippen LogP contribution in [0.4, 0.5) is 5.69 Å². The van der Waals surface area contributed by atoms with Crippen LogP contribution in [0.1, 0.15) is 10.4 Å². The number of aliphatic carboxylic acids is 1. The van der Waals surface area contributed by atoms with E-state index in [1.54, 1.807) is 34.9 Å². The highest BCUT2D eigenvalue weighted by molar-refractivity contribution is 7.99. The van der Waals surface area contributed by atoms with Crippen LogP contribution in [0.25, 0.3) is 0 Å². The van der Waals surface area contributed by atoms with Gasteiger partial charge in [-0.05, 0) is 12.1 Å². The van der Waals surface area contributed by atoms with E-state index < -0.39 is 17.9 Å². The zero-order valence-electron chi connectivity index (χ0n) is 10.0. The van der Waals surface area contributed by atoms with Gasteiger partial charge in [0.15, 0.2) is 0 Å². The molecule has 1 aliphatic rings. The molecule has 1 amide bonds. The molecule has 5 nitrogen and oxygen atoms in total. The van der Waals surface area contributed by atoms with Gasteiger partial charge in [-0.25, -0.2) is 4.79 Å². The van der Waals surface area contributed by atoms with E-state index in [1.165, 1.54) is 0 Å². The number of hydrogen-bond acceptors (Lipinski definition) is 4. The Morgan fingerprint density at radius 2 is 2.21 bits per heavy atom. The molecule has 102 valence electrons. The average Bonchev–Trinajstić information content (AvgIpc) is 2.37. The summed E-state index contributed by atoms with van der Waals surface area (Å²) in [7, 11) is 0. The molecule has 0 spiro atoms. The number of thioether (sulfide) groups is 1. The normalized spacial score (nSPS) is 19.2. The van der Waals surface area contributed by atoms with Crippen LogP contribution >= 0.6 is 23.4 Å². The second-order valence-corrected chi connectivity index (χ2v) is 5.68. The minimum absolute atomic E-state index is 0.183. The highest BCUT2D eigenvalue weighted by Crippen LogP contribution is 2.31. The summed E-state index contributed by atoms with van der Waals surface area (Å²) in [5.41, 5.74) is 6.02. The standard InChI is InChI=1S/C12H13ClN2O3S/c13-7-2-1-3-8(10(7)11(14)16)15-4-5-19-6-9(15)12(17)18/h1-3,9H,4-6H2,(H2,14,16)(H,17,18).